The number of urea groups is 1. The fourth-order valence-electron chi connectivity index (χ4n) is 3.58. The van der Waals surface area contributed by atoms with Crippen LogP contribution >= 0.6 is 0 Å². The highest BCUT2D eigenvalue weighted by Crippen LogP contribution is 2.41. The van der Waals surface area contributed by atoms with Crippen molar-refractivity contribution >= 4 is 6.03 Å². The molecule has 2 aliphatic rings. The van der Waals surface area contributed by atoms with Gasteiger partial charge in [0.05, 0.1) is 6.10 Å². The highest BCUT2D eigenvalue weighted by Gasteiger charge is 2.41. The lowest BCUT2D eigenvalue weighted by molar-refractivity contribution is 0.0565. The summed E-state index contributed by atoms with van der Waals surface area (Å²) in [6.45, 7) is 0.573. The summed E-state index contributed by atoms with van der Waals surface area (Å²) in [5, 5.41) is 13.0. The summed E-state index contributed by atoms with van der Waals surface area (Å²) >= 11 is 0. The summed E-state index contributed by atoms with van der Waals surface area (Å²) in [5.74, 6) is 0.0443. The molecule has 2 N–H and O–H groups in total. The topological polar surface area (TPSA) is 52.6 Å². The third-order valence-corrected chi connectivity index (χ3v) is 5.13. The van der Waals surface area contributed by atoms with Gasteiger partial charge >= 0.3 is 6.03 Å². The van der Waals surface area contributed by atoms with Crippen molar-refractivity contribution in [2.75, 3.05) is 13.6 Å². The number of hydrogen-bond acceptors (Lipinski definition) is 2. The van der Waals surface area contributed by atoms with Crippen LogP contribution in [0.2, 0.25) is 0 Å². The zero-order chi connectivity index (χ0) is 16.4. The Morgan fingerprint density at radius 2 is 2.09 bits per heavy atom. The average Bonchev–Trinajstić information content (AvgIpc) is 3.29. The van der Waals surface area contributed by atoms with Gasteiger partial charge in [-0.2, -0.15) is 0 Å². The van der Waals surface area contributed by atoms with E-state index in [4.69, 9.17) is 0 Å². The number of aliphatic hydroxyl groups is 1. The molecule has 2 fully saturated rings. The van der Waals surface area contributed by atoms with Gasteiger partial charge in [0.2, 0.25) is 0 Å². The number of benzene rings is 1. The van der Waals surface area contributed by atoms with Crippen molar-refractivity contribution in [1.82, 2.24) is 10.2 Å². The van der Waals surface area contributed by atoms with Gasteiger partial charge in [0.25, 0.3) is 0 Å². The van der Waals surface area contributed by atoms with Crippen LogP contribution in [0.5, 0.6) is 0 Å². The monoisotopic (exact) mass is 320 g/mol. The van der Waals surface area contributed by atoms with Gasteiger partial charge in [-0.3, -0.25) is 0 Å². The van der Waals surface area contributed by atoms with Crippen LogP contribution in [-0.2, 0) is 0 Å². The third kappa shape index (κ3) is 3.83. The number of nitrogens with one attached hydrogen (secondary N) is 1. The zero-order valence-electron chi connectivity index (χ0n) is 13.5. The standard InChI is InChI=1S/C18H25FN2O2/c1-21(11-12-6-2-5-9-17(12)22)18(23)20-16-10-14(16)13-7-3-4-8-15(13)19/h3-4,7-8,12,14,16-17,22H,2,5-6,9-11H2,1H3,(H,20,23). The van der Waals surface area contributed by atoms with Crippen molar-refractivity contribution in [3.05, 3.63) is 35.6 Å². The molecule has 2 amide bonds. The Bertz CT molecular complexity index is 566. The highest BCUT2D eigenvalue weighted by molar-refractivity contribution is 5.75. The molecule has 4 unspecified atom stereocenters. The molecule has 0 heterocycles. The number of carbonyl (C=O) groups excluding carboxylic acids is 1. The predicted octanol–water partition coefficient (Wildman–Crippen LogP) is 2.87. The van der Waals surface area contributed by atoms with Crippen molar-refractivity contribution < 1.29 is 14.3 Å². The molecule has 0 aromatic heterocycles. The van der Waals surface area contributed by atoms with E-state index >= 15 is 0 Å². The predicted molar refractivity (Wildman–Crippen MR) is 86.7 cm³/mol. The lowest BCUT2D eigenvalue weighted by Crippen LogP contribution is -2.43. The van der Waals surface area contributed by atoms with Gasteiger partial charge in [-0.15, -0.1) is 0 Å². The molecule has 1 aromatic carbocycles. The van der Waals surface area contributed by atoms with Crippen LogP contribution in [0.4, 0.5) is 9.18 Å². The normalized spacial score (nSPS) is 29.9. The molecule has 0 radical (unpaired) electrons. The van der Waals surface area contributed by atoms with E-state index in [-0.39, 0.29) is 35.8 Å². The van der Waals surface area contributed by atoms with Crippen molar-refractivity contribution in [3.8, 4) is 0 Å². The second kappa shape index (κ2) is 6.87. The number of carbonyl (C=O) groups is 1. The highest BCUT2D eigenvalue weighted by atomic mass is 19.1. The molecule has 0 bridgehead atoms. The Morgan fingerprint density at radius 1 is 1.35 bits per heavy atom. The molecule has 2 saturated carbocycles. The summed E-state index contributed by atoms with van der Waals surface area (Å²) in [6.07, 6.45) is 4.48. The van der Waals surface area contributed by atoms with E-state index in [0.29, 0.717) is 12.1 Å². The van der Waals surface area contributed by atoms with Crippen molar-refractivity contribution in [2.24, 2.45) is 5.92 Å². The van der Waals surface area contributed by atoms with E-state index in [1.54, 1.807) is 24.1 Å². The minimum atomic E-state index is -0.300. The Hall–Kier alpha value is -1.62. The molecule has 126 valence electrons. The van der Waals surface area contributed by atoms with E-state index in [0.717, 1.165) is 32.1 Å². The van der Waals surface area contributed by atoms with Crippen LogP contribution in [-0.4, -0.2) is 41.8 Å². The number of hydrogen-bond donors (Lipinski definition) is 2. The van der Waals surface area contributed by atoms with Crippen LogP contribution in [0.1, 0.15) is 43.6 Å². The van der Waals surface area contributed by atoms with Gasteiger partial charge in [0.15, 0.2) is 0 Å². The summed E-state index contributed by atoms with van der Waals surface area (Å²) in [4.78, 5) is 13.9. The van der Waals surface area contributed by atoms with Crippen LogP contribution in [0, 0.1) is 11.7 Å². The Morgan fingerprint density at radius 3 is 2.83 bits per heavy atom. The zero-order valence-corrected chi connectivity index (χ0v) is 13.5. The number of halogens is 1. The summed E-state index contributed by atoms with van der Waals surface area (Å²) < 4.78 is 13.8. The summed E-state index contributed by atoms with van der Waals surface area (Å²) in [6, 6.07) is 6.63. The molecule has 4 nitrogen and oxygen atoms in total. The van der Waals surface area contributed by atoms with E-state index in [1.807, 2.05) is 6.07 Å². The van der Waals surface area contributed by atoms with E-state index in [9.17, 15) is 14.3 Å². The van der Waals surface area contributed by atoms with Gasteiger partial charge < -0.3 is 15.3 Å². The number of nitrogens with zero attached hydrogens (tertiary/aromatic N) is 1. The SMILES string of the molecule is CN(CC1CCCCC1O)C(=O)NC1CC1c1ccccc1F. The van der Waals surface area contributed by atoms with Crippen LogP contribution in [0.15, 0.2) is 24.3 Å². The second-order valence-electron chi connectivity index (χ2n) is 6.91. The van der Waals surface area contributed by atoms with Crippen molar-refractivity contribution in [3.63, 3.8) is 0 Å². The average molecular weight is 320 g/mol. The first kappa shape index (κ1) is 16.2. The largest absolute Gasteiger partial charge is 0.393 e. The maximum atomic E-state index is 13.8. The Kier molecular flexibility index (Phi) is 4.85. The molecule has 2 aliphatic carbocycles. The third-order valence-electron chi connectivity index (χ3n) is 5.13. The first-order valence-electron chi connectivity index (χ1n) is 8.50. The maximum Gasteiger partial charge on any atom is 0.317 e. The molecule has 0 saturated heterocycles. The first-order valence-corrected chi connectivity index (χ1v) is 8.50. The van der Waals surface area contributed by atoms with Gasteiger partial charge in [-0.25, -0.2) is 9.18 Å². The van der Waals surface area contributed by atoms with E-state index < -0.39 is 0 Å². The molecule has 4 atom stereocenters. The molecule has 0 aliphatic heterocycles. The number of aliphatic hydroxyl groups excluding tert-OH is 1. The lowest BCUT2D eigenvalue weighted by Gasteiger charge is -2.31. The fraction of sp³-hybridized carbons (Fsp3) is 0.611. The lowest BCUT2D eigenvalue weighted by atomic mass is 9.86. The van der Waals surface area contributed by atoms with Crippen LogP contribution < -0.4 is 5.32 Å². The van der Waals surface area contributed by atoms with Crippen LogP contribution in [0.25, 0.3) is 0 Å². The van der Waals surface area contributed by atoms with Crippen LogP contribution in [0.3, 0.4) is 0 Å². The van der Waals surface area contributed by atoms with Crippen molar-refractivity contribution in [1.29, 1.82) is 0 Å². The molecule has 0 spiro atoms. The second-order valence-corrected chi connectivity index (χ2v) is 6.91. The Balaban J connectivity index is 1.49. The first-order chi connectivity index (χ1) is 11.1. The number of amides is 2. The van der Waals surface area contributed by atoms with Crippen molar-refractivity contribution in [2.45, 2.75) is 50.2 Å². The van der Waals surface area contributed by atoms with Gasteiger partial charge in [-0.1, -0.05) is 31.0 Å². The molecule has 5 heteroatoms. The molecular weight excluding hydrogens is 295 g/mol. The molecular formula is C18H25FN2O2. The summed E-state index contributed by atoms with van der Waals surface area (Å²) in [7, 11) is 1.76. The minimum Gasteiger partial charge on any atom is -0.393 e. The quantitative estimate of drug-likeness (QED) is 0.896. The van der Waals surface area contributed by atoms with Gasteiger partial charge in [-0.05, 0) is 30.9 Å². The number of rotatable bonds is 4. The minimum absolute atomic E-state index is 0.0122. The van der Waals surface area contributed by atoms with E-state index in [1.165, 1.54) is 6.07 Å². The Labute approximate surface area is 136 Å². The molecule has 3 rings (SSSR count). The molecule has 23 heavy (non-hydrogen) atoms. The van der Waals surface area contributed by atoms with Gasteiger partial charge in [0, 0.05) is 31.5 Å². The summed E-state index contributed by atoms with van der Waals surface area (Å²) in [5.41, 5.74) is 0.683. The van der Waals surface area contributed by atoms with Gasteiger partial charge in [0.1, 0.15) is 5.82 Å². The maximum absolute atomic E-state index is 13.8. The fourth-order valence-corrected chi connectivity index (χ4v) is 3.58. The van der Waals surface area contributed by atoms with E-state index in [2.05, 4.69) is 5.32 Å². The smallest absolute Gasteiger partial charge is 0.317 e. The molecule has 1 aromatic rings.